The summed E-state index contributed by atoms with van der Waals surface area (Å²) in [6.07, 6.45) is 6.17. The van der Waals surface area contributed by atoms with Crippen molar-refractivity contribution in [3.63, 3.8) is 0 Å². The SMILES string of the molecule is CNCc1cncc(N(C)C2CCCN(C)C2)n1. The number of likely N-dealkylation sites (tertiary alicyclic amines) is 1. The van der Waals surface area contributed by atoms with Crippen molar-refractivity contribution in [1.82, 2.24) is 20.2 Å². The van der Waals surface area contributed by atoms with Gasteiger partial charge in [0.1, 0.15) is 5.82 Å². The van der Waals surface area contributed by atoms with Gasteiger partial charge in [-0.15, -0.1) is 0 Å². The molecule has 0 radical (unpaired) electrons. The summed E-state index contributed by atoms with van der Waals surface area (Å²) in [7, 11) is 6.23. The van der Waals surface area contributed by atoms with Gasteiger partial charge in [0.25, 0.3) is 0 Å². The lowest BCUT2D eigenvalue weighted by Gasteiger charge is -2.36. The Labute approximate surface area is 109 Å². The van der Waals surface area contributed by atoms with E-state index in [1.807, 2.05) is 19.4 Å². The van der Waals surface area contributed by atoms with E-state index in [1.54, 1.807) is 0 Å². The van der Waals surface area contributed by atoms with Crippen molar-refractivity contribution < 1.29 is 0 Å². The number of nitrogens with one attached hydrogen (secondary N) is 1. The molecule has 5 nitrogen and oxygen atoms in total. The Morgan fingerprint density at radius 1 is 1.50 bits per heavy atom. The van der Waals surface area contributed by atoms with Crippen LogP contribution in [0.1, 0.15) is 18.5 Å². The van der Waals surface area contributed by atoms with E-state index in [-0.39, 0.29) is 0 Å². The van der Waals surface area contributed by atoms with Crippen molar-refractivity contribution in [1.29, 1.82) is 0 Å². The van der Waals surface area contributed by atoms with E-state index in [0.717, 1.165) is 24.6 Å². The van der Waals surface area contributed by atoms with Crippen molar-refractivity contribution >= 4 is 5.82 Å². The second kappa shape index (κ2) is 6.11. The van der Waals surface area contributed by atoms with Gasteiger partial charge in [-0.1, -0.05) is 0 Å². The molecule has 1 saturated heterocycles. The van der Waals surface area contributed by atoms with Crippen LogP contribution in [-0.2, 0) is 6.54 Å². The van der Waals surface area contributed by atoms with Crippen LogP contribution in [0.15, 0.2) is 12.4 Å². The lowest BCUT2D eigenvalue weighted by Crippen LogP contribution is -2.45. The van der Waals surface area contributed by atoms with E-state index >= 15 is 0 Å². The summed E-state index contributed by atoms with van der Waals surface area (Å²) in [5, 5.41) is 3.11. The fraction of sp³-hybridized carbons (Fsp3) is 0.692. The molecule has 1 fully saturated rings. The number of rotatable bonds is 4. The average Bonchev–Trinajstić information content (AvgIpc) is 2.39. The number of anilines is 1. The fourth-order valence-corrected chi connectivity index (χ4v) is 2.47. The van der Waals surface area contributed by atoms with Gasteiger partial charge in [0, 0.05) is 32.4 Å². The van der Waals surface area contributed by atoms with Gasteiger partial charge in [0.15, 0.2) is 0 Å². The summed E-state index contributed by atoms with van der Waals surface area (Å²) in [5.41, 5.74) is 0.992. The van der Waals surface area contributed by atoms with Crippen molar-refractivity contribution in [2.24, 2.45) is 0 Å². The van der Waals surface area contributed by atoms with Crippen LogP contribution >= 0.6 is 0 Å². The number of hydrogen-bond donors (Lipinski definition) is 1. The first-order chi connectivity index (χ1) is 8.70. The average molecular weight is 249 g/mol. The molecule has 1 unspecified atom stereocenters. The molecule has 1 aliphatic heterocycles. The highest BCUT2D eigenvalue weighted by atomic mass is 15.2. The molecular formula is C13H23N5. The summed E-state index contributed by atoms with van der Waals surface area (Å²) in [6, 6.07) is 0.544. The van der Waals surface area contributed by atoms with Gasteiger partial charge in [-0.2, -0.15) is 0 Å². The van der Waals surface area contributed by atoms with E-state index in [1.165, 1.54) is 19.4 Å². The molecule has 18 heavy (non-hydrogen) atoms. The Balaban J connectivity index is 2.07. The standard InChI is InChI=1S/C13H23N5/c1-14-7-11-8-15-9-13(16-11)18(3)12-5-4-6-17(2)10-12/h8-9,12,14H,4-7,10H2,1-3H3. The van der Waals surface area contributed by atoms with Crippen LogP contribution in [0.25, 0.3) is 0 Å². The minimum atomic E-state index is 0.544. The molecule has 0 saturated carbocycles. The van der Waals surface area contributed by atoms with Gasteiger partial charge in [0.05, 0.1) is 11.9 Å². The fourth-order valence-electron chi connectivity index (χ4n) is 2.47. The predicted molar refractivity (Wildman–Crippen MR) is 73.7 cm³/mol. The van der Waals surface area contributed by atoms with E-state index in [9.17, 15) is 0 Å². The molecule has 1 N–H and O–H groups in total. The van der Waals surface area contributed by atoms with E-state index in [0.29, 0.717) is 6.04 Å². The number of aromatic nitrogens is 2. The number of hydrogen-bond acceptors (Lipinski definition) is 5. The summed E-state index contributed by atoms with van der Waals surface area (Å²) in [5.74, 6) is 0.975. The Hall–Kier alpha value is -1.20. The van der Waals surface area contributed by atoms with Crippen molar-refractivity contribution in [3.8, 4) is 0 Å². The zero-order chi connectivity index (χ0) is 13.0. The van der Waals surface area contributed by atoms with Gasteiger partial charge in [-0.25, -0.2) is 4.98 Å². The second-order valence-electron chi connectivity index (χ2n) is 5.07. The van der Waals surface area contributed by atoms with Gasteiger partial charge in [-0.05, 0) is 33.5 Å². The third kappa shape index (κ3) is 3.17. The number of likely N-dealkylation sites (N-methyl/N-ethyl adjacent to an activating group) is 2. The molecule has 1 aromatic heterocycles. The summed E-state index contributed by atoms with van der Waals surface area (Å²) in [4.78, 5) is 13.6. The van der Waals surface area contributed by atoms with Crippen LogP contribution in [-0.4, -0.2) is 55.1 Å². The first-order valence-corrected chi connectivity index (χ1v) is 6.57. The second-order valence-corrected chi connectivity index (χ2v) is 5.07. The molecule has 2 heterocycles. The van der Waals surface area contributed by atoms with Crippen LogP contribution < -0.4 is 10.2 Å². The highest BCUT2D eigenvalue weighted by molar-refractivity contribution is 5.37. The van der Waals surface area contributed by atoms with E-state index in [2.05, 4.69) is 39.2 Å². The van der Waals surface area contributed by atoms with E-state index < -0.39 is 0 Å². The molecule has 0 spiro atoms. The lowest BCUT2D eigenvalue weighted by atomic mass is 10.1. The monoisotopic (exact) mass is 249 g/mol. The van der Waals surface area contributed by atoms with Gasteiger partial charge < -0.3 is 15.1 Å². The highest BCUT2D eigenvalue weighted by Crippen LogP contribution is 2.18. The molecule has 1 atom stereocenters. The maximum atomic E-state index is 4.65. The topological polar surface area (TPSA) is 44.3 Å². The Morgan fingerprint density at radius 2 is 2.33 bits per heavy atom. The normalized spacial score (nSPS) is 20.9. The van der Waals surface area contributed by atoms with Crippen LogP contribution in [0.4, 0.5) is 5.82 Å². The molecule has 2 rings (SSSR count). The predicted octanol–water partition coefficient (Wildman–Crippen LogP) is 0.726. The quantitative estimate of drug-likeness (QED) is 0.852. The summed E-state index contributed by atoms with van der Waals surface area (Å²) >= 11 is 0. The zero-order valence-corrected chi connectivity index (χ0v) is 11.6. The van der Waals surface area contributed by atoms with Crippen LogP contribution in [0.3, 0.4) is 0 Å². The number of piperidine rings is 1. The molecule has 0 aromatic carbocycles. The van der Waals surface area contributed by atoms with Crippen molar-refractivity contribution in [2.75, 3.05) is 39.1 Å². The molecular weight excluding hydrogens is 226 g/mol. The maximum Gasteiger partial charge on any atom is 0.147 e. The molecule has 1 aliphatic rings. The molecule has 0 bridgehead atoms. The van der Waals surface area contributed by atoms with Gasteiger partial charge >= 0.3 is 0 Å². The van der Waals surface area contributed by atoms with Crippen molar-refractivity contribution in [2.45, 2.75) is 25.4 Å². The summed E-state index contributed by atoms with van der Waals surface area (Å²) in [6.45, 7) is 3.07. The Morgan fingerprint density at radius 3 is 3.06 bits per heavy atom. The molecule has 5 heteroatoms. The minimum Gasteiger partial charge on any atom is -0.354 e. The highest BCUT2D eigenvalue weighted by Gasteiger charge is 2.22. The van der Waals surface area contributed by atoms with Crippen LogP contribution in [0.5, 0.6) is 0 Å². The zero-order valence-electron chi connectivity index (χ0n) is 11.6. The van der Waals surface area contributed by atoms with E-state index in [4.69, 9.17) is 0 Å². The third-order valence-electron chi connectivity index (χ3n) is 3.54. The van der Waals surface area contributed by atoms with Crippen LogP contribution in [0.2, 0.25) is 0 Å². The Bertz CT molecular complexity index is 381. The largest absolute Gasteiger partial charge is 0.354 e. The van der Waals surface area contributed by atoms with Gasteiger partial charge in [-0.3, -0.25) is 4.98 Å². The lowest BCUT2D eigenvalue weighted by molar-refractivity contribution is 0.247. The smallest absolute Gasteiger partial charge is 0.147 e. The van der Waals surface area contributed by atoms with Gasteiger partial charge in [0.2, 0.25) is 0 Å². The third-order valence-corrected chi connectivity index (χ3v) is 3.54. The molecule has 0 aliphatic carbocycles. The minimum absolute atomic E-state index is 0.544. The first-order valence-electron chi connectivity index (χ1n) is 6.57. The van der Waals surface area contributed by atoms with Crippen molar-refractivity contribution in [3.05, 3.63) is 18.1 Å². The Kier molecular flexibility index (Phi) is 4.49. The molecule has 0 amide bonds. The molecule has 100 valence electrons. The maximum absolute atomic E-state index is 4.65. The summed E-state index contributed by atoms with van der Waals surface area (Å²) < 4.78 is 0. The first kappa shape index (κ1) is 13.2. The molecule has 1 aromatic rings. The van der Waals surface area contributed by atoms with Crippen LogP contribution in [0, 0.1) is 0 Å². The number of nitrogens with zero attached hydrogens (tertiary/aromatic N) is 4.